The van der Waals surface area contributed by atoms with Crippen LogP contribution in [0.25, 0.3) is 0 Å². The van der Waals surface area contributed by atoms with Gasteiger partial charge in [-0.3, -0.25) is 14.5 Å². The molecule has 2 fully saturated rings. The normalized spacial score (nSPS) is 18.7. The average molecular weight is 347 g/mol. The summed E-state index contributed by atoms with van der Waals surface area (Å²) >= 11 is 0. The highest BCUT2D eigenvalue weighted by molar-refractivity contribution is 5.94. The van der Waals surface area contributed by atoms with Gasteiger partial charge < -0.3 is 9.80 Å². The fourth-order valence-corrected chi connectivity index (χ4v) is 3.24. The van der Waals surface area contributed by atoms with Gasteiger partial charge in [-0.05, 0) is 43.4 Å². The lowest BCUT2D eigenvalue weighted by Gasteiger charge is -2.24. The van der Waals surface area contributed by atoms with Crippen LogP contribution in [0.15, 0.2) is 24.3 Å². The summed E-state index contributed by atoms with van der Waals surface area (Å²) < 4.78 is 13.3. The van der Waals surface area contributed by atoms with Crippen molar-refractivity contribution in [3.63, 3.8) is 0 Å². The van der Waals surface area contributed by atoms with Crippen LogP contribution in [-0.2, 0) is 4.79 Å². The zero-order valence-corrected chi connectivity index (χ0v) is 14.8. The molecule has 1 aromatic carbocycles. The molecule has 0 bridgehead atoms. The van der Waals surface area contributed by atoms with Crippen molar-refractivity contribution >= 4 is 11.8 Å². The van der Waals surface area contributed by atoms with Gasteiger partial charge in [-0.25, -0.2) is 4.39 Å². The summed E-state index contributed by atoms with van der Waals surface area (Å²) in [6.45, 7) is 3.94. The molecule has 2 amide bonds. The third-order valence-electron chi connectivity index (χ3n) is 4.96. The van der Waals surface area contributed by atoms with E-state index in [1.165, 1.54) is 25.0 Å². The van der Waals surface area contributed by atoms with Crippen LogP contribution in [0.4, 0.5) is 4.39 Å². The van der Waals surface area contributed by atoms with Gasteiger partial charge in [-0.2, -0.15) is 0 Å². The van der Waals surface area contributed by atoms with E-state index in [2.05, 4.69) is 4.90 Å². The van der Waals surface area contributed by atoms with Crippen molar-refractivity contribution < 1.29 is 14.0 Å². The van der Waals surface area contributed by atoms with E-state index in [4.69, 9.17) is 0 Å². The van der Waals surface area contributed by atoms with Crippen LogP contribution in [0, 0.1) is 11.7 Å². The number of carbonyl (C=O) groups excluding carboxylic acids is 2. The van der Waals surface area contributed by atoms with Gasteiger partial charge in [0.2, 0.25) is 5.91 Å². The number of benzene rings is 1. The van der Waals surface area contributed by atoms with Gasteiger partial charge >= 0.3 is 0 Å². The van der Waals surface area contributed by atoms with Gasteiger partial charge in [-0.1, -0.05) is 6.07 Å². The van der Waals surface area contributed by atoms with Crippen LogP contribution in [0.2, 0.25) is 0 Å². The fraction of sp³-hybridized carbons (Fsp3) is 0.579. The molecule has 2 aliphatic rings. The molecule has 0 radical (unpaired) electrons. The van der Waals surface area contributed by atoms with Crippen LogP contribution in [0.3, 0.4) is 0 Å². The first-order valence-corrected chi connectivity index (χ1v) is 9.04. The number of hydrogen-bond acceptors (Lipinski definition) is 3. The maximum atomic E-state index is 13.3. The van der Waals surface area contributed by atoms with Crippen LogP contribution in [-0.4, -0.2) is 72.8 Å². The van der Waals surface area contributed by atoms with E-state index in [1.807, 2.05) is 11.9 Å². The van der Waals surface area contributed by atoms with Crippen molar-refractivity contribution in [3.05, 3.63) is 35.6 Å². The molecule has 0 unspecified atom stereocenters. The maximum Gasteiger partial charge on any atom is 0.254 e. The molecule has 1 aliphatic heterocycles. The lowest BCUT2D eigenvalue weighted by Crippen LogP contribution is -2.41. The highest BCUT2D eigenvalue weighted by atomic mass is 19.1. The summed E-state index contributed by atoms with van der Waals surface area (Å²) in [6.07, 6.45) is 3.29. The second-order valence-corrected chi connectivity index (χ2v) is 7.15. The van der Waals surface area contributed by atoms with Crippen LogP contribution < -0.4 is 0 Å². The molecule has 5 nitrogen and oxygen atoms in total. The number of rotatable bonds is 5. The number of nitrogens with zero attached hydrogens (tertiary/aromatic N) is 3. The predicted octanol–water partition coefficient (Wildman–Crippen LogP) is 1.84. The number of halogens is 1. The minimum atomic E-state index is -0.397. The van der Waals surface area contributed by atoms with Crippen LogP contribution in [0.1, 0.15) is 29.6 Å². The standard InChI is InChI=1S/C19H26FN3O2/c1-21(13-15-6-7-15)18(24)14-22-8-3-9-23(11-10-22)19(25)16-4-2-5-17(20)12-16/h2,4-5,12,15H,3,6-11,13-14H2,1H3. The second kappa shape index (κ2) is 7.95. The third kappa shape index (κ3) is 5.01. The maximum absolute atomic E-state index is 13.3. The molecule has 0 atom stereocenters. The Morgan fingerprint density at radius 2 is 2.00 bits per heavy atom. The van der Waals surface area contributed by atoms with Crippen molar-refractivity contribution in [2.75, 3.05) is 46.3 Å². The van der Waals surface area contributed by atoms with Crippen LogP contribution >= 0.6 is 0 Å². The van der Waals surface area contributed by atoms with Gasteiger partial charge in [0.1, 0.15) is 5.82 Å². The Kier molecular flexibility index (Phi) is 5.68. The van der Waals surface area contributed by atoms with Crippen molar-refractivity contribution in [3.8, 4) is 0 Å². The number of carbonyl (C=O) groups is 2. The zero-order chi connectivity index (χ0) is 17.8. The van der Waals surface area contributed by atoms with Crippen molar-refractivity contribution in [2.45, 2.75) is 19.3 Å². The molecule has 1 saturated carbocycles. The number of amides is 2. The molecule has 1 heterocycles. The second-order valence-electron chi connectivity index (χ2n) is 7.15. The van der Waals surface area contributed by atoms with E-state index < -0.39 is 5.82 Å². The molecule has 6 heteroatoms. The average Bonchev–Trinajstić information content (AvgIpc) is 3.41. The van der Waals surface area contributed by atoms with Gasteiger partial charge in [0.05, 0.1) is 6.54 Å². The van der Waals surface area contributed by atoms with Gasteiger partial charge in [0, 0.05) is 45.3 Å². The minimum absolute atomic E-state index is 0.140. The minimum Gasteiger partial charge on any atom is -0.344 e. The van der Waals surface area contributed by atoms with E-state index in [-0.39, 0.29) is 11.8 Å². The van der Waals surface area contributed by atoms with Gasteiger partial charge in [0.15, 0.2) is 0 Å². The summed E-state index contributed by atoms with van der Waals surface area (Å²) in [5.74, 6) is 0.305. The molecule has 0 aromatic heterocycles. The Morgan fingerprint density at radius 3 is 2.72 bits per heavy atom. The summed E-state index contributed by atoms with van der Waals surface area (Å²) in [7, 11) is 1.87. The fourth-order valence-electron chi connectivity index (χ4n) is 3.24. The highest BCUT2D eigenvalue weighted by Crippen LogP contribution is 2.29. The molecule has 136 valence electrons. The Hall–Kier alpha value is -1.95. The quantitative estimate of drug-likeness (QED) is 0.816. The summed E-state index contributed by atoms with van der Waals surface area (Å²) in [4.78, 5) is 30.6. The molecule has 1 aromatic rings. The van der Waals surface area contributed by atoms with Crippen molar-refractivity contribution in [1.29, 1.82) is 0 Å². The first-order chi connectivity index (χ1) is 12.0. The molecule has 0 N–H and O–H groups in total. The van der Waals surface area contributed by atoms with Gasteiger partial charge in [0.25, 0.3) is 5.91 Å². The third-order valence-corrected chi connectivity index (χ3v) is 4.96. The van der Waals surface area contributed by atoms with Crippen molar-refractivity contribution in [2.24, 2.45) is 5.92 Å². The number of likely N-dealkylation sites (N-methyl/N-ethyl adjacent to an activating group) is 1. The molecule has 25 heavy (non-hydrogen) atoms. The monoisotopic (exact) mass is 347 g/mol. The lowest BCUT2D eigenvalue weighted by molar-refractivity contribution is -0.131. The van der Waals surface area contributed by atoms with Crippen LogP contribution in [0.5, 0.6) is 0 Å². The summed E-state index contributed by atoms with van der Waals surface area (Å²) in [5.41, 5.74) is 0.383. The zero-order valence-electron chi connectivity index (χ0n) is 14.8. The summed E-state index contributed by atoms with van der Waals surface area (Å²) in [5, 5.41) is 0. The van der Waals surface area contributed by atoms with Crippen molar-refractivity contribution in [1.82, 2.24) is 14.7 Å². The molecule has 3 rings (SSSR count). The Bertz CT molecular complexity index is 633. The van der Waals surface area contributed by atoms with E-state index in [1.54, 1.807) is 17.0 Å². The highest BCUT2D eigenvalue weighted by Gasteiger charge is 2.26. The molecule has 1 saturated heterocycles. The van der Waals surface area contributed by atoms with Gasteiger partial charge in [-0.15, -0.1) is 0 Å². The molecule has 0 spiro atoms. The van der Waals surface area contributed by atoms with E-state index >= 15 is 0 Å². The first-order valence-electron chi connectivity index (χ1n) is 9.04. The van der Waals surface area contributed by atoms with E-state index in [9.17, 15) is 14.0 Å². The smallest absolute Gasteiger partial charge is 0.254 e. The predicted molar refractivity (Wildman–Crippen MR) is 93.7 cm³/mol. The summed E-state index contributed by atoms with van der Waals surface area (Å²) in [6, 6.07) is 5.82. The largest absolute Gasteiger partial charge is 0.344 e. The topological polar surface area (TPSA) is 43.9 Å². The van der Waals surface area contributed by atoms with E-state index in [0.717, 1.165) is 19.5 Å². The Balaban J connectivity index is 1.51. The number of hydrogen-bond donors (Lipinski definition) is 0. The Morgan fingerprint density at radius 1 is 1.20 bits per heavy atom. The first kappa shape index (κ1) is 17.9. The SMILES string of the molecule is CN(CC1CC1)C(=O)CN1CCCN(C(=O)c2cccc(F)c2)CC1. The lowest BCUT2D eigenvalue weighted by atomic mass is 10.2. The molecular formula is C19H26FN3O2. The molecule has 1 aliphatic carbocycles. The van der Waals surface area contributed by atoms with E-state index in [0.29, 0.717) is 37.7 Å². The Labute approximate surface area is 148 Å². The molecular weight excluding hydrogens is 321 g/mol.